The Hall–Kier alpha value is -0.780. The Morgan fingerprint density at radius 2 is 1.76 bits per heavy atom. The Morgan fingerprint density at radius 1 is 1.04 bits per heavy atom. The van der Waals surface area contributed by atoms with Crippen LogP contribution >= 0.6 is 0 Å². The molecule has 1 atom stereocenters. The second-order valence-electron chi connectivity index (χ2n) is 8.49. The topological polar surface area (TPSA) is 61.8 Å². The van der Waals surface area contributed by atoms with E-state index in [0.29, 0.717) is 18.1 Å². The predicted octanol–water partition coefficient (Wildman–Crippen LogP) is 2.68. The van der Waals surface area contributed by atoms with Crippen molar-refractivity contribution in [3.63, 3.8) is 0 Å². The van der Waals surface area contributed by atoms with Crippen LogP contribution in [0.15, 0.2) is 4.99 Å². The summed E-state index contributed by atoms with van der Waals surface area (Å²) in [6.07, 6.45) is 10.00. The summed E-state index contributed by atoms with van der Waals surface area (Å²) in [6.45, 7) is 6.14. The van der Waals surface area contributed by atoms with Gasteiger partial charge in [0.2, 0.25) is 0 Å². The first-order valence-corrected chi connectivity index (χ1v) is 12.1. The average molecular weight is 370 g/mol. The van der Waals surface area contributed by atoms with Crippen molar-refractivity contribution in [1.29, 1.82) is 0 Å². The van der Waals surface area contributed by atoms with Gasteiger partial charge in [-0.3, -0.25) is 4.99 Å². The molecule has 1 saturated carbocycles. The highest BCUT2D eigenvalue weighted by Crippen LogP contribution is 2.23. The fourth-order valence-corrected chi connectivity index (χ4v) is 6.20. The van der Waals surface area contributed by atoms with E-state index in [0.717, 1.165) is 43.9 Å². The SMILES string of the molecule is CC1CCN(C(=NCC2CCS(=O)(=O)C2)NCC2CCCCC2)CC1. The van der Waals surface area contributed by atoms with Crippen LogP contribution in [0.5, 0.6) is 0 Å². The van der Waals surface area contributed by atoms with Crippen molar-refractivity contribution in [2.45, 2.75) is 58.3 Å². The van der Waals surface area contributed by atoms with Crippen molar-refractivity contribution < 1.29 is 8.42 Å². The van der Waals surface area contributed by atoms with Gasteiger partial charge in [-0.25, -0.2) is 8.42 Å². The zero-order valence-electron chi connectivity index (χ0n) is 15.8. The molecule has 0 bridgehead atoms. The highest BCUT2D eigenvalue weighted by atomic mass is 32.2. The molecule has 3 fully saturated rings. The fourth-order valence-electron chi connectivity index (χ4n) is 4.35. The van der Waals surface area contributed by atoms with E-state index in [1.165, 1.54) is 44.9 Å². The number of piperidine rings is 1. The number of hydrogen-bond acceptors (Lipinski definition) is 3. The molecule has 1 aliphatic carbocycles. The third-order valence-electron chi connectivity index (χ3n) is 6.18. The van der Waals surface area contributed by atoms with Gasteiger partial charge in [0.1, 0.15) is 0 Å². The molecule has 5 nitrogen and oxygen atoms in total. The highest BCUT2D eigenvalue weighted by molar-refractivity contribution is 7.91. The Labute approximate surface area is 153 Å². The number of nitrogens with zero attached hydrogens (tertiary/aromatic N) is 2. The Balaban J connectivity index is 1.57. The molecule has 0 aromatic heterocycles. The van der Waals surface area contributed by atoms with Crippen LogP contribution in [-0.2, 0) is 9.84 Å². The van der Waals surface area contributed by atoms with Crippen molar-refractivity contribution in [2.75, 3.05) is 37.7 Å². The monoisotopic (exact) mass is 369 g/mol. The summed E-state index contributed by atoms with van der Waals surface area (Å²) in [5.74, 6) is 3.48. The van der Waals surface area contributed by atoms with E-state index < -0.39 is 9.84 Å². The predicted molar refractivity (Wildman–Crippen MR) is 104 cm³/mol. The van der Waals surface area contributed by atoms with E-state index in [2.05, 4.69) is 17.1 Å². The van der Waals surface area contributed by atoms with Gasteiger partial charge >= 0.3 is 0 Å². The number of nitrogens with one attached hydrogen (secondary N) is 1. The molecule has 1 unspecified atom stereocenters. The Kier molecular flexibility index (Phi) is 6.64. The molecule has 144 valence electrons. The number of rotatable bonds is 4. The zero-order valence-corrected chi connectivity index (χ0v) is 16.6. The molecule has 2 heterocycles. The molecule has 0 radical (unpaired) electrons. The van der Waals surface area contributed by atoms with Crippen molar-refractivity contribution in [1.82, 2.24) is 10.2 Å². The summed E-state index contributed by atoms with van der Waals surface area (Å²) < 4.78 is 23.4. The molecule has 2 aliphatic heterocycles. The van der Waals surface area contributed by atoms with Crippen LogP contribution in [-0.4, -0.2) is 57.0 Å². The highest BCUT2D eigenvalue weighted by Gasteiger charge is 2.28. The van der Waals surface area contributed by atoms with Crippen LogP contribution in [0, 0.1) is 17.8 Å². The lowest BCUT2D eigenvalue weighted by Gasteiger charge is -2.34. The second-order valence-corrected chi connectivity index (χ2v) is 10.7. The number of likely N-dealkylation sites (tertiary alicyclic amines) is 1. The lowest BCUT2D eigenvalue weighted by molar-refractivity contribution is 0.268. The molecule has 0 aromatic carbocycles. The van der Waals surface area contributed by atoms with E-state index in [9.17, 15) is 8.42 Å². The van der Waals surface area contributed by atoms with Gasteiger partial charge in [0.25, 0.3) is 0 Å². The van der Waals surface area contributed by atoms with E-state index in [-0.39, 0.29) is 5.92 Å². The molecule has 3 rings (SSSR count). The van der Waals surface area contributed by atoms with Crippen molar-refractivity contribution >= 4 is 15.8 Å². The first kappa shape index (κ1) is 19.0. The van der Waals surface area contributed by atoms with Crippen LogP contribution in [0.2, 0.25) is 0 Å². The van der Waals surface area contributed by atoms with Crippen molar-refractivity contribution in [3.8, 4) is 0 Å². The summed E-state index contributed by atoms with van der Waals surface area (Å²) in [5.41, 5.74) is 0. The van der Waals surface area contributed by atoms with Gasteiger partial charge in [-0.05, 0) is 49.9 Å². The normalized spacial score (nSPS) is 29.1. The van der Waals surface area contributed by atoms with E-state index >= 15 is 0 Å². The quantitative estimate of drug-likeness (QED) is 0.611. The molecule has 2 saturated heterocycles. The largest absolute Gasteiger partial charge is 0.356 e. The molecule has 25 heavy (non-hydrogen) atoms. The lowest BCUT2D eigenvalue weighted by Crippen LogP contribution is -2.47. The van der Waals surface area contributed by atoms with E-state index in [4.69, 9.17) is 4.99 Å². The van der Waals surface area contributed by atoms with Gasteiger partial charge in [0.15, 0.2) is 15.8 Å². The molecule has 3 aliphatic rings. The first-order valence-electron chi connectivity index (χ1n) is 10.3. The molecular formula is C19H35N3O2S. The number of aliphatic imine (C=N–C) groups is 1. The second kappa shape index (κ2) is 8.74. The number of guanidine groups is 1. The van der Waals surface area contributed by atoms with Crippen LogP contribution in [0.4, 0.5) is 0 Å². The third-order valence-corrected chi connectivity index (χ3v) is 8.02. The average Bonchev–Trinajstić information content (AvgIpc) is 2.96. The molecule has 6 heteroatoms. The third kappa shape index (κ3) is 5.87. The van der Waals surface area contributed by atoms with Gasteiger partial charge in [0.05, 0.1) is 11.5 Å². The summed E-state index contributed by atoms with van der Waals surface area (Å²) >= 11 is 0. The standard InChI is InChI=1S/C19H35N3O2S/c1-16-7-10-22(11-8-16)19(20-13-17-5-3-2-4-6-17)21-14-18-9-12-25(23,24)15-18/h16-18H,2-15H2,1H3,(H,20,21). The number of sulfone groups is 1. The van der Waals surface area contributed by atoms with Gasteiger partial charge in [0, 0.05) is 26.2 Å². The van der Waals surface area contributed by atoms with Gasteiger partial charge in [-0.2, -0.15) is 0 Å². The van der Waals surface area contributed by atoms with Crippen molar-refractivity contribution in [2.24, 2.45) is 22.7 Å². The minimum absolute atomic E-state index is 0.209. The van der Waals surface area contributed by atoms with Crippen molar-refractivity contribution in [3.05, 3.63) is 0 Å². The molecule has 0 amide bonds. The van der Waals surface area contributed by atoms with Gasteiger partial charge < -0.3 is 10.2 Å². The van der Waals surface area contributed by atoms with E-state index in [1.54, 1.807) is 0 Å². The first-order chi connectivity index (χ1) is 12.0. The number of hydrogen-bond donors (Lipinski definition) is 1. The van der Waals surface area contributed by atoms with Gasteiger partial charge in [-0.15, -0.1) is 0 Å². The summed E-state index contributed by atoms with van der Waals surface area (Å²) in [7, 11) is -2.81. The molecule has 0 spiro atoms. The summed E-state index contributed by atoms with van der Waals surface area (Å²) in [6, 6.07) is 0. The van der Waals surface area contributed by atoms with Crippen LogP contribution in [0.3, 0.4) is 0 Å². The Bertz CT molecular complexity index is 547. The Morgan fingerprint density at radius 3 is 2.40 bits per heavy atom. The lowest BCUT2D eigenvalue weighted by atomic mass is 9.89. The molecular weight excluding hydrogens is 334 g/mol. The maximum Gasteiger partial charge on any atom is 0.193 e. The fraction of sp³-hybridized carbons (Fsp3) is 0.947. The van der Waals surface area contributed by atoms with Crippen LogP contribution in [0.1, 0.15) is 58.3 Å². The molecule has 1 N–H and O–H groups in total. The maximum absolute atomic E-state index is 11.7. The maximum atomic E-state index is 11.7. The molecule has 0 aromatic rings. The van der Waals surface area contributed by atoms with Crippen LogP contribution in [0.25, 0.3) is 0 Å². The minimum Gasteiger partial charge on any atom is -0.356 e. The summed E-state index contributed by atoms with van der Waals surface area (Å²) in [4.78, 5) is 7.27. The smallest absolute Gasteiger partial charge is 0.193 e. The van der Waals surface area contributed by atoms with E-state index in [1.807, 2.05) is 0 Å². The van der Waals surface area contributed by atoms with Crippen LogP contribution < -0.4 is 5.32 Å². The van der Waals surface area contributed by atoms with Gasteiger partial charge in [-0.1, -0.05) is 26.2 Å². The minimum atomic E-state index is -2.81. The summed E-state index contributed by atoms with van der Waals surface area (Å²) in [5, 5.41) is 3.65. The zero-order chi connectivity index (χ0) is 17.7.